The summed E-state index contributed by atoms with van der Waals surface area (Å²) in [5, 5.41) is 18.4. The van der Waals surface area contributed by atoms with Crippen molar-refractivity contribution in [2.24, 2.45) is 0 Å². The molecule has 0 aliphatic heterocycles. The lowest BCUT2D eigenvalue weighted by atomic mass is 9.98. The minimum absolute atomic E-state index is 0.00723. The minimum atomic E-state index is -0.438. The van der Waals surface area contributed by atoms with Crippen molar-refractivity contribution < 1.29 is 19.7 Å². The smallest absolute Gasteiger partial charge is 0.338 e. The van der Waals surface area contributed by atoms with Gasteiger partial charge in [-0.2, -0.15) is 0 Å². The summed E-state index contributed by atoms with van der Waals surface area (Å²) in [5.74, 6) is -0.977. The predicted molar refractivity (Wildman–Crippen MR) is 62.1 cm³/mol. The Morgan fingerprint density at radius 3 is 2.47 bits per heavy atom. The van der Waals surface area contributed by atoms with Crippen LogP contribution in [0.3, 0.4) is 0 Å². The third-order valence-corrected chi connectivity index (χ3v) is 3.04. The molecule has 1 aliphatic carbocycles. The lowest BCUT2D eigenvalue weighted by molar-refractivity contribution is 0.0210. The Hall–Kier alpha value is -1.71. The lowest BCUT2D eigenvalue weighted by Gasteiger charge is -2.21. The van der Waals surface area contributed by atoms with E-state index in [9.17, 15) is 9.90 Å². The molecular formula is C13H16O4. The van der Waals surface area contributed by atoms with E-state index in [2.05, 4.69) is 0 Å². The third-order valence-electron chi connectivity index (χ3n) is 3.04. The molecular weight excluding hydrogens is 220 g/mol. The van der Waals surface area contributed by atoms with Gasteiger partial charge in [0.05, 0.1) is 5.56 Å². The summed E-state index contributed by atoms with van der Waals surface area (Å²) in [6, 6.07) is 3.95. The SMILES string of the molecule is O=C(OC1CCCCC1)c1ccc(O)c(O)c1. The zero-order valence-corrected chi connectivity index (χ0v) is 9.56. The van der Waals surface area contributed by atoms with E-state index in [-0.39, 0.29) is 23.2 Å². The van der Waals surface area contributed by atoms with E-state index in [1.165, 1.54) is 24.6 Å². The Bertz CT molecular complexity index is 408. The van der Waals surface area contributed by atoms with Crippen LogP contribution < -0.4 is 0 Å². The summed E-state index contributed by atoms with van der Waals surface area (Å²) < 4.78 is 5.34. The normalized spacial score (nSPS) is 16.7. The quantitative estimate of drug-likeness (QED) is 0.611. The molecule has 0 spiro atoms. The number of esters is 1. The molecule has 17 heavy (non-hydrogen) atoms. The van der Waals surface area contributed by atoms with E-state index in [0.29, 0.717) is 0 Å². The fraction of sp³-hybridized carbons (Fsp3) is 0.462. The third kappa shape index (κ3) is 2.90. The molecule has 1 aromatic rings. The Balaban J connectivity index is 2.01. The Morgan fingerprint density at radius 1 is 1.12 bits per heavy atom. The van der Waals surface area contributed by atoms with Crippen LogP contribution in [0, 0.1) is 0 Å². The van der Waals surface area contributed by atoms with Crippen molar-refractivity contribution in [3.63, 3.8) is 0 Å². The monoisotopic (exact) mass is 236 g/mol. The van der Waals surface area contributed by atoms with Crippen molar-refractivity contribution in [2.75, 3.05) is 0 Å². The average Bonchev–Trinajstić information content (AvgIpc) is 2.34. The summed E-state index contributed by atoms with van der Waals surface area (Å²) in [6.07, 6.45) is 5.21. The molecule has 0 aromatic heterocycles. The topological polar surface area (TPSA) is 66.8 Å². The second kappa shape index (κ2) is 5.08. The number of ether oxygens (including phenoxy) is 1. The van der Waals surface area contributed by atoms with Crippen LogP contribution in [0.25, 0.3) is 0 Å². The fourth-order valence-corrected chi connectivity index (χ4v) is 2.05. The van der Waals surface area contributed by atoms with E-state index < -0.39 is 5.97 Å². The molecule has 0 atom stereocenters. The van der Waals surface area contributed by atoms with Gasteiger partial charge in [0.1, 0.15) is 6.10 Å². The van der Waals surface area contributed by atoms with Crippen molar-refractivity contribution in [3.05, 3.63) is 23.8 Å². The van der Waals surface area contributed by atoms with Gasteiger partial charge in [0, 0.05) is 0 Å². The molecule has 0 heterocycles. The number of carbonyl (C=O) groups is 1. The van der Waals surface area contributed by atoms with Crippen LogP contribution in [0.1, 0.15) is 42.5 Å². The summed E-state index contributed by atoms with van der Waals surface area (Å²) in [6.45, 7) is 0. The first-order valence-corrected chi connectivity index (χ1v) is 5.90. The first-order valence-electron chi connectivity index (χ1n) is 5.90. The number of hydrogen-bond acceptors (Lipinski definition) is 4. The first kappa shape index (κ1) is 11.8. The fourth-order valence-electron chi connectivity index (χ4n) is 2.05. The van der Waals surface area contributed by atoms with E-state index in [4.69, 9.17) is 9.84 Å². The van der Waals surface area contributed by atoms with Crippen LogP contribution in [-0.4, -0.2) is 22.3 Å². The van der Waals surface area contributed by atoms with Gasteiger partial charge in [-0.25, -0.2) is 4.79 Å². The van der Waals surface area contributed by atoms with Crippen LogP contribution in [0.15, 0.2) is 18.2 Å². The van der Waals surface area contributed by atoms with E-state index in [1.54, 1.807) is 0 Å². The molecule has 1 aromatic carbocycles. The molecule has 1 fully saturated rings. The highest BCUT2D eigenvalue weighted by molar-refractivity contribution is 5.90. The van der Waals surface area contributed by atoms with Gasteiger partial charge in [-0.3, -0.25) is 0 Å². The summed E-state index contributed by atoms with van der Waals surface area (Å²) in [4.78, 5) is 11.8. The van der Waals surface area contributed by atoms with E-state index in [1.807, 2.05) is 0 Å². The maximum absolute atomic E-state index is 11.8. The van der Waals surface area contributed by atoms with Crippen molar-refractivity contribution >= 4 is 5.97 Å². The molecule has 0 bridgehead atoms. The van der Waals surface area contributed by atoms with Gasteiger partial charge in [-0.15, -0.1) is 0 Å². The molecule has 0 radical (unpaired) electrons. The summed E-state index contributed by atoms with van der Waals surface area (Å²) >= 11 is 0. The zero-order valence-electron chi connectivity index (χ0n) is 9.56. The highest BCUT2D eigenvalue weighted by Gasteiger charge is 2.19. The van der Waals surface area contributed by atoms with Gasteiger partial charge in [0.15, 0.2) is 11.5 Å². The van der Waals surface area contributed by atoms with E-state index in [0.717, 1.165) is 25.7 Å². The number of phenols is 2. The maximum atomic E-state index is 11.8. The molecule has 0 saturated heterocycles. The van der Waals surface area contributed by atoms with Crippen LogP contribution in [0.4, 0.5) is 0 Å². The minimum Gasteiger partial charge on any atom is -0.504 e. The van der Waals surface area contributed by atoms with Gasteiger partial charge in [-0.05, 0) is 43.9 Å². The van der Waals surface area contributed by atoms with Gasteiger partial charge in [0.25, 0.3) is 0 Å². The van der Waals surface area contributed by atoms with Crippen molar-refractivity contribution in [1.82, 2.24) is 0 Å². The van der Waals surface area contributed by atoms with Crippen LogP contribution in [0.2, 0.25) is 0 Å². The van der Waals surface area contributed by atoms with Gasteiger partial charge in [0.2, 0.25) is 0 Å². The Morgan fingerprint density at radius 2 is 1.82 bits per heavy atom. The largest absolute Gasteiger partial charge is 0.504 e. The average molecular weight is 236 g/mol. The van der Waals surface area contributed by atoms with Gasteiger partial charge >= 0.3 is 5.97 Å². The highest BCUT2D eigenvalue weighted by Crippen LogP contribution is 2.26. The molecule has 0 unspecified atom stereocenters. The molecule has 1 aliphatic rings. The number of carbonyl (C=O) groups excluding carboxylic acids is 1. The molecule has 92 valence electrons. The van der Waals surface area contributed by atoms with Gasteiger partial charge < -0.3 is 14.9 Å². The molecule has 4 nitrogen and oxygen atoms in total. The Kier molecular flexibility index (Phi) is 3.52. The molecule has 1 saturated carbocycles. The molecule has 2 rings (SSSR count). The van der Waals surface area contributed by atoms with Crippen LogP contribution >= 0.6 is 0 Å². The Labute approximate surface area is 99.8 Å². The number of hydrogen-bond donors (Lipinski definition) is 2. The molecule has 0 amide bonds. The molecule has 4 heteroatoms. The van der Waals surface area contributed by atoms with Crippen molar-refractivity contribution in [1.29, 1.82) is 0 Å². The number of benzene rings is 1. The van der Waals surface area contributed by atoms with Gasteiger partial charge in [-0.1, -0.05) is 6.42 Å². The lowest BCUT2D eigenvalue weighted by Crippen LogP contribution is -2.20. The second-order valence-corrected chi connectivity index (χ2v) is 4.37. The van der Waals surface area contributed by atoms with Crippen molar-refractivity contribution in [3.8, 4) is 11.5 Å². The van der Waals surface area contributed by atoms with Crippen LogP contribution in [0.5, 0.6) is 11.5 Å². The molecule has 2 N–H and O–H groups in total. The standard InChI is InChI=1S/C13H16O4/c14-11-7-6-9(8-12(11)15)13(16)17-10-4-2-1-3-5-10/h6-8,10,14-15H,1-5H2. The first-order chi connectivity index (χ1) is 8.16. The maximum Gasteiger partial charge on any atom is 0.338 e. The van der Waals surface area contributed by atoms with Crippen molar-refractivity contribution in [2.45, 2.75) is 38.2 Å². The zero-order chi connectivity index (χ0) is 12.3. The predicted octanol–water partition coefficient (Wildman–Crippen LogP) is 2.59. The number of rotatable bonds is 2. The highest BCUT2D eigenvalue weighted by atomic mass is 16.5. The van der Waals surface area contributed by atoms with Crippen LogP contribution in [-0.2, 0) is 4.74 Å². The number of aromatic hydroxyl groups is 2. The summed E-state index contributed by atoms with van der Waals surface area (Å²) in [5.41, 5.74) is 0.269. The number of phenolic OH excluding ortho intramolecular Hbond substituents is 2. The summed E-state index contributed by atoms with van der Waals surface area (Å²) in [7, 11) is 0. The second-order valence-electron chi connectivity index (χ2n) is 4.37. The van der Waals surface area contributed by atoms with E-state index >= 15 is 0 Å².